The maximum atomic E-state index is 5.71. The Hall–Kier alpha value is -0.910. The Bertz CT molecular complexity index is 408. The molecule has 0 aromatic carbocycles. The molecule has 1 aromatic rings. The van der Waals surface area contributed by atoms with Crippen LogP contribution in [-0.2, 0) is 11.2 Å². The van der Waals surface area contributed by atoms with Gasteiger partial charge in [-0.3, -0.25) is 16.0 Å². The summed E-state index contributed by atoms with van der Waals surface area (Å²) in [6.07, 6.45) is 8.50. The number of hydrazine groups is 1. The second kappa shape index (κ2) is 6.70. The van der Waals surface area contributed by atoms with Crippen LogP contribution in [0.25, 0.3) is 0 Å². The van der Waals surface area contributed by atoms with Crippen molar-refractivity contribution in [2.75, 3.05) is 7.11 Å². The zero-order valence-corrected chi connectivity index (χ0v) is 12.9. The van der Waals surface area contributed by atoms with Crippen molar-refractivity contribution < 1.29 is 4.74 Å². The van der Waals surface area contributed by atoms with Gasteiger partial charge in [-0.1, -0.05) is 6.92 Å². The zero-order valence-electron chi connectivity index (χ0n) is 12.9. The van der Waals surface area contributed by atoms with Gasteiger partial charge in [0.15, 0.2) is 0 Å². The first-order chi connectivity index (χ1) is 9.62. The van der Waals surface area contributed by atoms with Crippen molar-refractivity contribution in [3.05, 3.63) is 18.0 Å². The molecule has 2 atom stereocenters. The number of methoxy groups -OCH3 is 1. The lowest BCUT2D eigenvalue weighted by atomic mass is 9.75. The third kappa shape index (κ3) is 3.40. The fourth-order valence-electron chi connectivity index (χ4n) is 2.87. The summed E-state index contributed by atoms with van der Waals surface area (Å²) in [4.78, 5) is 0. The summed E-state index contributed by atoms with van der Waals surface area (Å²) in [5, 5.41) is 4.65. The SMILES string of the molecule is CCC(C)n1ccc(CC(CC2(OC)CCC2)NN)n1. The summed E-state index contributed by atoms with van der Waals surface area (Å²) in [6, 6.07) is 2.76. The number of nitrogens with two attached hydrogens (primary N) is 1. The molecule has 2 rings (SSSR count). The smallest absolute Gasteiger partial charge is 0.0694 e. The fourth-order valence-corrected chi connectivity index (χ4v) is 2.87. The molecule has 3 N–H and O–H groups in total. The van der Waals surface area contributed by atoms with Gasteiger partial charge in [-0.25, -0.2) is 0 Å². The third-order valence-corrected chi connectivity index (χ3v) is 4.71. The lowest BCUT2D eigenvalue weighted by Gasteiger charge is -2.42. The summed E-state index contributed by atoms with van der Waals surface area (Å²) in [5.41, 5.74) is 4.07. The van der Waals surface area contributed by atoms with Crippen LogP contribution < -0.4 is 11.3 Å². The highest BCUT2D eigenvalue weighted by Crippen LogP contribution is 2.39. The van der Waals surface area contributed by atoms with E-state index in [-0.39, 0.29) is 11.6 Å². The molecule has 1 aliphatic carbocycles. The van der Waals surface area contributed by atoms with Crippen molar-refractivity contribution in [1.29, 1.82) is 0 Å². The third-order valence-electron chi connectivity index (χ3n) is 4.71. The molecule has 0 saturated heterocycles. The maximum absolute atomic E-state index is 5.71. The number of rotatable bonds is 8. The van der Waals surface area contributed by atoms with Crippen LogP contribution in [0.15, 0.2) is 12.3 Å². The second-order valence-electron chi connectivity index (χ2n) is 6.06. The second-order valence-corrected chi connectivity index (χ2v) is 6.06. The van der Waals surface area contributed by atoms with Gasteiger partial charge in [-0.2, -0.15) is 5.10 Å². The van der Waals surface area contributed by atoms with E-state index in [0.29, 0.717) is 6.04 Å². The number of hydrogen-bond acceptors (Lipinski definition) is 4. The number of nitrogens with zero attached hydrogens (tertiary/aromatic N) is 2. The molecule has 1 aromatic heterocycles. The van der Waals surface area contributed by atoms with Crippen molar-refractivity contribution in [3.63, 3.8) is 0 Å². The molecular formula is C15H28N4O. The molecular weight excluding hydrogens is 252 g/mol. The summed E-state index contributed by atoms with van der Waals surface area (Å²) in [6.45, 7) is 4.36. The molecule has 1 heterocycles. The lowest BCUT2D eigenvalue weighted by Crippen LogP contribution is -2.48. The highest BCUT2D eigenvalue weighted by molar-refractivity contribution is 5.04. The topological polar surface area (TPSA) is 65.1 Å². The van der Waals surface area contributed by atoms with Crippen LogP contribution in [0.1, 0.15) is 57.7 Å². The minimum Gasteiger partial charge on any atom is -0.378 e. The molecule has 2 unspecified atom stereocenters. The number of aromatic nitrogens is 2. The van der Waals surface area contributed by atoms with E-state index in [2.05, 4.69) is 36.6 Å². The Morgan fingerprint density at radius 2 is 2.30 bits per heavy atom. The number of nitrogens with one attached hydrogen (secondary N) is 1. The van der Waals surface area contributed by atoms with E-state index in [0.717, 1.165) is 37.8 Å². The van der Waals surface area contributed by atoms with Gasteiger partial charge in [0.05, 0.1) is 11.3 Å². The van der Waals surface area contributed by atoms with Crippen LogP contribution in [0.4, 0.5) is 0 Å². The van der Waals surface area contributed by atoms with Crippen LogP contribution in [-0.4, -0.2) is 28.5 Å². The van der Waals surface area contributed by atoms with E-state index in [4.69, 9.17) is 10.6 Å². The number of ether oxygens (including phenoxy) is 1. The van der Waals surface area contributed by atoms with E-state index in [1.807, 2.05) is 11.8 Å². The summed E-state index contributed by atoms with van der Waals surface area (Å²) in [5.74, 6) is 5.71. The standard InChI is InChI=1S/C15H28N4O/c1-4-12(2)19-9-6-13(18-19)10-14(17-16)11-15(20-3)7-5-8-15/h6,9,12,14,17H,4-5,7-8,10-11,16H2,1-3H3. The highest BCUT2D eigenvalue weighted by atomic mass is 16.5. The first kappa shape index (κ1) is 15.5. The molecule has 1 fully saturated rings. The molecule has 0 radical (unpaired) electrons. The lowest BCUT2D eigenvalue weighted by molar-refractivity contribution is -0.0834. The van der Waals surface area contributed by atoms with Crippen LogP contribution >= 0.6 is 0 Å². The van der Waals surface area contributed by atoms with E-state index >= 15 is 0 Å². The molecule has 1 saturated carbocycles. The Labute approximate surface area is 121 Å². The van der Waals surface area contributed by atoms with Gasteiger partial charge in [-0.05, 0) is 45.1 Å². The van der Waals surface area contributed by atoms with Gasteiger partial charge in [0.1, 0.15) is 0 Å². The minimum absolute atomic E-state index is 0.0380. The van der Waals surface area contributed by atoms with Gasteiger partial charge in [-0.15, -0.1) is 0 Å². The van der Waals surface area contributed by atoms with E-state index in [1.165, 1.54) is 6.42 Å². The monoisotopic (exact) mass is 280 g/mol. The summed E-state index contributed by atoms with van der Waals surface area (Å²) < 4.78 is 7.72. The van der Waals surface area contributed by atoms with Crippen LogP contribution in [0.3, 0.4) is 0 Å². The van der Waals surface area contributed by atoms with Gasteiger partial charge < -0.3 is 4.74 Å². The van der Waals surface area contributed by atoms with Crippen molar-refractivity contribution in [3.8, 4) is 0 Å². The molecule has 0 bridgehead atoms. The Morgan fingerprint density at radius 3 is 2.80 bits per heavy atom. The van der Waals surface area contributed by atoms with Gasteiger partial charge >= 0.3 is 0 Å². The minimum atomic E-state index is 0.0380. The average Bonchev–Trinajstić information content (AvgIpc) is 2.89. The molecule has 5 nitrogen and oxygen atoms in total. The van der Waals surface area contributed by atoms with E-state index in [1.54, 1.807) is 0 Å². The summed E-state index contributed by atoms with van der Waals surface area (Å²) >= 11 is 0. The molecule has 5 heteroatoms. The van der Waals surface area contributed by atoms with Crippen LogP contribution in [0.5, 0.6) is 0 Å². The van der Waals surface area contributed by atoms with Gasteiger partial charge in [0.25, 0.3) is 0 Å². The van der Waals surface area contributed by atoms with Crippen LogP contribution in [0, 0.1) is 0 Å². The molecule has 20 heavy (non-hydrogen) atoms. The van der Waals surface area contributed by atoms with Crippen LogP contribution in [0.2, 0.25) is 0 Å². The Morgan fingerprint density at radius 1 is 1.55 bits per heavy atom. The normalized spacial score (nSPS) is 20.4. The summed E-state index contributed by atoms with van der Waals surface area (Å²) in [7, 11) is 1.81. The first-order valence-electron chi connectivity index (χ1n) is 7.68. The van der Waals surface area contributed by atoms with E-state index in [9.17, 15) is 0 Å². The van der Waals surface area contributed by atoms with Gasteiger partial charge in [0.2, 0.25) is 0 Å². The van der Waals surface area contributed by atoms with Gasteiger partial charge in [0, 0.05) is 31.8 Å². The van der Waals surface area contributed by atoms with Crippen molar-refractivity contribution >= 4 is 0 Å². The zero-order chi connectivity index (χ0) is 14.6. The van der Waals surface area contributed by atoms with Crippen molar-refractivity contribution in [2.45, 2.75) is 70.1 Å². The maximum Gasteiger partial charge on any atom is 0.0694 e. The average molecular weight is 280 g/mol. The number of hydrogen-bond donors (Lipinski definition) is 2. The molecule has 0 spiro atoms. The Kier molecular flexibility index (Phi) is 5.18. The predicted octanol–water partition coefficient (Wildman–Crippen LogP) is 2.19. The Balaban J connectivity index is 1.94. The van der Waals surface area contributed by atoms with E-state index < -0.39 is 0 Å². The predicted molar refractivity (Wildman–Crippen MR) is 80.3 cm³/mol. The fraction of sp³-hybridized carbons (Fsp3) is 0.800. The quantitative estimate of drug-likeness (QED) is 0.566. The molecule has 114 valence electrons. The van der Waals surface area contributed by atoms with Crippen molar-refractivity contribution in [2.24, 2.45) is 5.84 Å². The first-order valence-corrected chi connectivity index (χ1v) is 7.68. The molecule has 0 aliphatic heterocycles. The van der Waals surface area contributed by atoms with Crippen molar-refractivity contribution in [1.82, 2.24) is 15.2 Å². The highest BCUT2D eigenvalue weighted by Gasteiger charge is 2.38. The largest absolute Gasteiger partial charge is 0.378 e. The molecule has 1 aliphatic rings. The molecule has 0 amide bonds.